The van der Waals surface area contributed by atoms with Gasteiger partial charge in [-0.1, -0.05) is 57.2 Å². The Morgan fingerprint density at radius 2 is 2.07 bits per heavy atom. The molecule has 0 amide bonds. The molecule has 0 N–H and O–H groups in total. The van der Waals surface area contributed by atoms with Crippen LogP contribution < -0.4 is 4.90 Å². The van der Waals surface area contributed by atoms with E-state index in [9.17, 15) is 0 Å². The Labute approximate surface area is 165 Å². The SMILES string of the molecule is C=C/C=C\c1c(C)c(N(C)C/C=C(\C)CC)c2cccnc2c1C(C)CC. The molecule has 0 bridgehead atoms. The van der Waals surface area contributed by atoms with Crippen molar-refractivity contribution in [1.82, 2.24) is 4.98 Å². The summed E-state index contributed by atoms with van der Waals surface area (Å²) in [5, 5.41) is 1.24. The standard InChI is InChI=1S/C25H34N2/c1-8-11-13-21-20(6)25(27(7)17-15-18(4)9-2)22-14-12-16-26-24(22)23(21)19(5)10-3/h8,11-16,19H,1,9-10,17H2,2-7H3/b13-11-,18-15+. The van der Waals surface area contributed by atoms with Crippen molar-refractivity contribution in [3.05, 3.63) is 65.4 Å². The van der Waals surface area contributed by atoms with E-state index in [2.05, 4.69) is 71.4 Å². The van der Waals surface area contributed by atoms with Crippen LogP contribution in [0.25, 0.3) is 17.0 Å². The smallest absolute Gasteiger partial charge is 0.0763 e. The minimum absolute atomic E-state index is 0.451. The van der Waals surface area contributed by atoms with E-state index >= 15 is 0 Å². The zero-order valence-corrected chi connectivity index (χ0v) is 17.8. The predicted octanol–water partition coefficient (Wildman–Crippen LogP) is 7.05. The van der Waals surface area contributed by atoms with Crippen molar-refractivity contribution in [2.24, 2.45) is 0 Å². The number of hydrogen-bond acceptors (Lipinski definition) is 2. The number of nitrogens with zero attached hydrogens (tertiary/aromatic N) is 2. The van der Waals surface area contributed by atoms with Gasteiger partial charge < -0.3 is 4.90 Å². The second kappa shape index (κ2) is 9.55. The van der Waals surface area contributed by atoms with Crippen LogP contribution in [0, 0.1) is 6.92 Å². The summed E-state index contributed by atoms with van der Waals surface area (Å²) < 4.78 is 0. The molecule has 27 heavy (non-hydrogen) atoms. The first-order valence-corrected chi connectivity index (χ1v) is 10.0. The molecule has 144 valence electrons. The molecule has 2 rings (SSSR count). The summed E-state index contributed by atoms with van der Waals surface area (Å²) in [5.41, 5.74) is 7.77. The van der Waals surface area contributed by atoms with Gasteiger partial charge in [0.2, 0.25) is 0 Å². The summed E-state index contributed by atoms with van der Waals surface area (Å²) in [7, 11) is 2.18. The van der Waals surface area contributed by atoms with E-state index in [1.807, 2.05) is 24.4 Å². The Hall–Kier alpha value is -2.35. The van der Waals surface area contributed by atoms with E-state index in [1.54, 1.807) is 0 Å². The fourth-order valence-electron chi connectivity index (χ4n) is 3.57. The van der Waals surface area contributed by atoms with Gasteiger partial charge in [-0.2, -0.15) is 0 Å². The molecule has 1 heterocycles. The zero-order valence-electron chi connectivity index (χ0n) is 17.8. The molecular formula is C25H34N2. The molecule has 0 saturated carbocycles. The van der Waals surface area contributed by atoms with Crippen molar-refractivity contribution in [2.45, 2.75) is 53.4 Å². The van der Waals surface area contributed by atoms with Crippen LogP contribution in [0.15, 0.2) is 48.7 Å². The summed E-state index contributed by atoms with van der Waals surface area (Å²) in [6, 6.07) is 4.26. The summed E-state index contributed by atoms with van der Waals surface area (Å²) in [6.07, 6.45) is 12.5. The Bertz CT molecular complexity index is 858. The Balaban J connectivity index is 2.79. The fraction of sp³-hybridized carbons (Fsp3) is 0.400. The van der Waals surface area contributed by atoms with Crippen LogP contribution in [0.1, 0.15) is 63.1 Å². The van der Waals surface area contributed by atoms with E-state index in [4.69, 9.17) is 4.98 Å². The van der Waals surface area contributed by atoms with Gasteiger partial charge in [0.25, 0.3) is 0 Å². The van der Waals surface area contributed by atoms with Crippen LogP contribution >= 0.6 is 0 Å². The third kappa shape index (κ3) is 4.50. The topological polar surface area (TPSA) is 16.1 Å². The molecule has 0 spiro atoms. The minimum atomic E-state index is 0.451. The second-order valence-corrected chi connectivity index (χ2v) is 7.39. The summed E-state index contributed by atoms with van der Waals surface area (Å²) in [4.78, 5) is 7.16. The van der Waals surface area contributed by atoms with Gasteiger partial charge in [0.1, 0.15) is 0 Å². The Kier molecular flexibility index (Phi) is 7.41. The Morgan fingerprint density at radius 1 is 1.33 bits per heavy atom. The first-order valence-electron chi connectivity index (χ1n) is 10.0. The largest absolute Gasteiger partial charge is 0.370 e. The van der Waals surface area contributed by atoms with Crippen LogP contribution in [-0.4, -0.2) is 18.6 Å². The van der Waals surface area contributed by atoms with Gasteiger partial charge in [-0.25, -0.2) is 0 Å². The first-order chi connectivity index (χ1) is 13.0. The van der Waals surface area contributed by atoms with Crippen molar-refractivity contribution >= 4 is 22.7 Å². The van der Waals surface area contributed by atoms with Crippen molar-refractivity contribution < 1.29 is 0 Å². The highest BCUT2D eigenvalue weighted by Gasteiger charge is 2.21. The quantitative estimate of drug-likeness (QED) is 0.369. The van der Waals surface area contributed by atoms with Crippen molar-refractivity contribution in [3.63, 3.8) is 0 Å². The van der Waals surface area contributed by atoms with E-state index in [1.165, 1.54) is 33.3 Å². The van der Waals surface area contributed by atoms with E-state index in [-0.39, 0.29) is 0 Å². The molecule has 1 unspecified atom stereocenters. The number of hydrogen-bond donors (Lipinski definition) is 0. The maximum atomic E-state index is 4.81. The lowest BCUT2D eigenvalue weighted by Crippen LogP contribution is -2.20. The maximum Gasteiger partial charge on any atom is 0.0763 e. The molecule has 1 atom stereocenters. The van der Waals surface area contributed by atoms with Crippen LogP contribution in [0.3, 0.4) is 0 Å². The third-order valence-electron chi connectivity index (χ3n) is 5.52. The first kappa shape index (κ1) is 21.0. The summed E-state index contributed by atoms with van der Waals surface area (Å²) >= 11 is 0. The fourth-order valence-corrected chi connectivity index (χ4v) is 3.57. The molecule has 1 aromatic carbocycles. The maximum absolute atomic E-state index is 4.81. The molecule has 0 radical (unpaired) electrons. The van der Waals surface area contributed by atoms with Crippen LogP contribution in [0.5, 0.6) is 0 Å². The highest BCUT2D eigenvalue weighted by molar-refractivity contribution is 5.99. The van der Waals surface area contributed by atoms with Crippen molar-refractivity contribution in [1.29, 1.82) is 0 Å². The van der Waals surface area contributed by atoms with Gasteiger partial charge in [-0.05, 0) is 61.4 Å². The lowest BCUT2D eigenvalue weighted by molar-refractivity contribution is 0.735. The van der Waals surface area contributed by atoms with Crippen LogP contribution in [0.2, 0.25) is 0 Å². The number of fused-ring (bicyclic) bond motifs is 1. The number of pyridine rings is 1. The van der Waals surface area contributed by atoms with Gasteiger partial charge in [-0.3, -0.25) is 4.98 Å². The van der Waals surface area contributed by atoms with Gasteiger partial charge >= 0.3 is 0 Å². The van der Waals surface area contributed by atoms with Crippen LogP contribution in [0.4, 0.5) is 5.69 Å². The molecule has 0 aliphatic carbocycles. The average molecular weight is 363 g/mol. The van der Waals surface area contributed by atoms with Gasteiger partial charge in [0.15, 0.2) is 0 Å². The Morgan fingerprint density at radius 3 is 2.70 bits per heavy atom. The third-order valence-corrected chi connectivity index (χ3v) is 5.52. The molecule has 0 fully saturated rings. The molecule has 2 nitrogen and oxygen atoms in total. The number of benzene rings is 1. The van der Waals surface area contributed by atoms with Gasteiger partial charge in [0.05, 0.1) is 5.52 Å². The lowest BCUT2D eigenvalue weighted by atomic mass is 9.86. The molecule has 2 aromatic rings. The number of rotatable bonds is 8. The minimum Gasteiger partial charge on any atom is -0.370 e. The van der Waals surface area contributed by atoms with E-state index in [0.717, 1.165) is 24.9 Å². The average Bonchev–Trinajstić information content (AvgIpc) is 2.69. The monoisotopic (exact) mass is 362 g/mol. The highest BCUT2D eigenvalue weighted by Crippen LogP contribution is 2.40. The van der Waals surface area contributed by atoms with Gasteiger partial charge in [-0.15, -0.1) is 0 Å². The second-order valence-electron chi connectivity index (χ2n) is 7.39. The van der Waals surface area contributed by atoms with Crippen molar-refractivity contribution in [2.75, 3.05) is 18.5 Å². The molecule has 0 aliphatic heterocycles. The van der Waals surface area contributed by atoms with Crippen molar-refractivity contribution in [3.8, 4) is 0 Å². The van der Waals surface area contributed by atoms with Gasteiger partial charge in [0, 0.05) is 30.9 Å². The molecule has 1 aromatic heterocycles. The summed E-state index contributed by atoms with van der Waals surface area (Å²) in [6.45, 7) is 15.9. The van der Waals surface area contributed by atoms with E-state index < -0.39 is 0 Å². The zero-order chi connectivity index (χ0) is 20.0. The number of allylic oxidation sites excluding steroid dienone is 3. The molecule has 2 heteroatoms. The number of aromatic nitrogens is 1. The van der Waals surface area contributed by atoms with E-state index in [0.29, 0.717) is 5.92 Å². The number of likely N-dealkylation sites (N-methyl/N-ethyl adjacent to an activating group) is 1. The molecule has 0 saturated heterocycles. The predicted molar refractivity (Wildman–Crippen MR) is 122 cm³/mol. The lowest BCUT2D eigenvalue weighted by Gasteiger charge is -2.27. The normalized spacial score (nSPS) is 13.3. The number of anilines is 1. The highest BCUT2D eigenvalue weighted by atomic mass is 15.1. The van der Waals surface area contributed by atoms with Crippen LogP contribution in [-0.2, 0) is 0 Å². The summed E-state index contributed by atoms with van der Waals surface area (Å²) in [5.74, 6) is 0.451. The molecular weight excluding hydrogens is 328 g/mol. The molecule has 0 aliphatic rings.